The van der Waals surface area contributed by atoms with Gasteiger partial charge in [0.2, 0.25) is 11.9 Å². The fourth-order valence-electron chi connectivity index (χ4n) is 3.94. The van der Waals surface area contributed by atoms with Crippen LogP contribution in [0.15, 0.2) is 41.8 Å². The van der Waals surface area contributed by atoms with Crippen molar-refractivity contribution in [2.45, 2.75) is 19.3 Å². The Hall–Kier alpha value is -2.75. The summed E-state index contributed by atoms with van der Waals surface area (Å²) in [6.07, 6.45) is 2.21. The standard InChI is InChI=1S/C23H23ClN6OS2/c24-16-5-3-15(4-6-16)14-19(31)29-9-11-30(12-10-29)21-20-22(28-23(25)27-21)33-18(26-20)8-7-17-2-1-13-32-17/h1-6,13H,7-12,14H2,(H2,25,27,28). The number of amides is 1. The van der Waals surface area contributed by atoms with Crippen molar-refractivity contribution in [1.82, 2.24) is 19.9 Å². The molecular formula is C23H23ClN6OS2. The van der Waals surface area contributed by atoms with Gasteiger partial charge in [-0.05, 0) is 35.6 Å². The minimum atomic E-state index is 0.119. The summed E-state index contributed by atoms with van der Waals surface area (Å²) in [6.45, 7) is 2.63. The molecule has 1 amide bonds. The topological polar surface area (TPSA) is 88.2 Å². The van der Waals surface area contributed by atoms with Crippen molar-refractivity contribution in [3.05, 3.63) is 62.2 Å². The van der Waals surface area contributed by atoms with Gasteiger partial charge in [-0.25, -0.2) is 9.97 Å². The summed E-state index contributed by atoms with van der Waals surface area (Å²) in [5.41, 5.74) is 7.79. The van der Waals surface area contributed by atoms with Gasteiger partial charge in [-0.2, -0.15) is 4.98 Å². The molecule has 0 radical (unpaired) electrons. The highest BCUT2D eigenvalue weighted by Crippen LogP contribution is 2.30. The molecule has 1 aromatic carbocycles. The van der Waals surface area contributed by atoms with Gasteiger partial charge in [0.25, 0.3) is 0 Å². The fourth-order valence-corrected chi connectivity index (χ4v) is 5.71. The number of thiazole rings is 1. The molecule has 7 nitrogen and oxygen atoms in total. The van der Waals surface area contributed by atoms with E-state index in [1.54, 1.807) is 22.7 Å². The van der Waals surface area contributed by atoms with Crippen molar-refractivity contribution in [2.75, 3.05) is 36.8 Å². The summed E-state index contributed by atoms with van der Waals surface area (Å²) in [5, 5.41) is 3.81. The number of benzene rings is 1. The highest BCUT2D eigenvalue weighted by atomic mass is 35.5. The van der Waals surface area contributed by atoms with Crippen molar-refractivity contribution in [1.29, 1.82) is 0 Å². The number of carbonyl (C=O) groups is 1. The van der Waals surface area contributed by atoms with E-state index in [9.17, 15) is 4.79 Å². The molecule has 5 rings (SSSR count). The molecule has 0 atom stereocenters. The van der Waals surface area contributed by atoms with Crippen LogP contribution >= 0.6 is 34.3 Å². The van der Waals surface area contributed by atoms with Crippen LogP contribution in [0.1, 0.15) is 15.4 Å². The zero-order valence-corrected chi connectivity index (χ0v) is 20.3. The maximum Gasteiger partial charge on any atom is 0.227 e. The summed E-state index contributed by atoms with van der Waals surface area (Å²) >= 11 is 9.29. The number of halogens is 1. The highest BCUT2D eigenvalue weighted by Gasteiger charge is 2.25. The van der Waals surface area contributed by atoms with Crippen LogP contribution in [0.25, 0.3) is 10.3 Å². The monoisotopic (exact) mass is 498 g/mol. The molecule has 1 aliphatic rings. The van der Waals surface area contributed by atoms with Gasteiger partial charge >= 0.3 is 0 Å². The second-order valence-electron chi connectivity index (χ2n) is 7.92. The fraction of sp³-hybridized carbons (Fsp3) is 0.304. The number of thiophene rings is 1. The Balaban J connectivity index is 1.26. The molecule has 1 saturated heterocycles. The first kappa shape index (κ1) is 22.1. The number of hydrogen-bond donors (Lipinski definition) is 1. The molecule has 0 aliphatic carbocycles. The van der Waals surface area contributed by atoms with E-state index in [1.807, 2.05) is 29.2 Å². The van der Waals surface area contributed by atoms with Crippen molar-refractivity contribution in [3.63, 3.8) is 0 Å². The molecule has 0 saturated carbocycles. The van der Waals surface area contributed by atoms with Gasteiger partial charge in [0.15, 0.2) is 10.6 Å². The largest absolute Gasteiger partial charge is 0.368 e. The maximum atomic E-state index is 12.8. The van der Waals surface area contributed by atoms with Crippen LogP contribution in [-0.4, -0.2) is 51.9 Å². The second kappa shape index (κ2) is 9.62. The predicted molar refractivity (Wildman–Crippen MR) is 135 cm³/mol. The third-order valence-electron chi connectivity index (χ3n) is 5.67. The average molecular weight is 499 g/mol. The van der Waals surface area contributed by atoms with Crippen molar-refractivity contribution in [2.24, 2.45) is 0 Å². The van der Waals surface area contributed by atoms with Crippen LogP contribution in [0.5, 0.6) is 0 Å². The SMILES string of the molecule is Nc1nc(N2CCN(C(=O)Cc3ccc(Cl)cc3)CC2)c2nc(CCc3cccs3)sc2n1. The third kappa shape index (κ3) is 5.10. The Morgan fingerprint density at radius 2 is 1.82 bits per heavy atom. The van der Waals surface area contributed by atoms with Crippen LogP contribution < -0.4 is 10.6 Å². The van der Waals surface area contributed by atoms with E-state index in [2.05, 4.69) is 32.4 Å². The average Bonchev–Trinajstić information content (AvgIpc) is 3.48. The summed E-state index contributed by atoms with van der Waals surface area (Å²) in [4.78, 5) is 32.8. The summed E-state index contributed by atoms with van der Waals surface area (Å²) in [7, 11) is 0. The summed E-state index contributed by atoms with van der Waals surface area (Å²) in [6, 6.07) is 11.6. The Labute approximate surface area is 204 Å². The third-order valence-corrected chi connectivity index (χ3v) is 7.86. The summed E-state index contributed by atoms with van der Waals surface area (Å²) < 4.78 is 0. The van der Waals surface area contributed by atoms with Crippen LogP contribution in [0.4, 0.5) is 11.8 Å². The predicted octanol–water partition coefficient (Wildman–Crippen LogP) is 4.06. The van der Waals surface area contributed by atoms with E-state index < -0.39 is 0 Å². The quantitative estimate of drug-likeness (QED) is 0.431. The maximum absolute atomic E-state index is 12.8. The van der Waals surface area contributed by atoms with Crippen LogP contribution in [0, 0.1) is 0 Å². The number of fused-ring (bicyclic) bond motifs is 1. The lowest BCUT2D eigenvalue weighted by atomic mass is 10.1. The minimum absolute atomic E-state index is 0.119. The molecule has 1 fully saturated rings. The van der Waals surface area contributed by atoms with Gasteiger partial charge in [0, 0.05) is 42.5 Å². The first-order chi connectivity index (χ1) is 16.0. The van der Waals surface area contributed by atoms with Gasteiger partial charge < -0.3 is 15.5 Å². The number of hydrogen-bond acceptors (Lipinski definition) is 8. The van der Waals surface area contributed by atoms with Gasteiger partial charge in [-0.1, -0.05) is 41.1 Å². The van der Waals surface area contributed by atoms with Crippen LogP contribution in [-0.2, 0) is 24.1 Å². The van der Waals surface area contributed by atoms with Crippen LogP contribution in [0.2, 0.25) is 5.02 Å². The number of nitrogens with two attached hydrogens (primary N) is 1. The molecule has 170 valence electrons. The van der Waals surface area contributed by atoms with E-state index in [1.165, 1.54) is 4.88 Å². The number of piperazine rings is 1. The number of carbonyl (C=O) groups excluding carboxylic acids is 1. The molecule has 0 spiro atoms. The molecule has 0 bridgehead atoms. The molecule has 4 aromatic rings. The number of rotatable bonds is 6. The lowest BCUT2D eigenvalue weighted by molar-refractivity contribution is -0.130. The molecule has 0 unspecified atom stereocenters. The number of aromatic nitrogens is 3. The van der Waals surface area contributed by atoms with E-state index in [0.717, 1.165) is 39.6 Å². The Bertz CT molecular complexity index is 1250. The zero-order chi connectivity index (χ0) is 22.8. The summed E-state index contributed by atoms with van der Waals surface area (Å²) in [5.74, 6) is 1.14. The first-order valence-corrected chi connectivity index (χ1v) is 12.8. The molecule has 1 aliphatic heterocycles. The highest BCUT2D eigenvalue weighted by molar-refractivity contribution is 7.18. The zero-order valence-electron chi connectivity index (χ0n) is 17.9. The van der Waals surface area contributed by atoms with Crippen LogP contribution in [0.3, 0.4) is 0 Å². The van der Waals surface area contributed by atoms with E-state index in [4.69, 9.17) is 22.3 Å². The van der Waals surface area contributed by atoms with E-state index in [-0.39, 0.29) is 11.9 Å². The molecule has 10 heteroatoms. The van der Waals surface area contributed by atoms with Crippen molar-refractivity contribution in [3.8, 4) is 0 Å². The second-order valence-corrected chi connectivity index (χ2v) is 10.4. The van der Waals surface area contributed by atoms with E-state index >= 15 is 0 Å². The van der Waals surface area contributed by atoms with E-state index in [0.29, 0.717) is 37.6 Å². The lowest BCUT2D eigenvalue weighted by Crippen LogP contribution is -2.49. The molecule has 33 heavy (non-hydrogen) atoms. The molecule has 3 aromatic heterocycles. The minimum Gasteiger partial charge on any atom is -0.368 e. The number of nitrogens with zero attached hydrogens (tertiary/aromatic N) is 5. The Morgan fingerprint density at radius 1 is 1.03 bits per heavy atom. The van der Waals surface area contributed by atoms with Gasteiger partial charge in [-0.3, -0.25) is 4.79 Å². The molecule has 2 N–H and O–H groups in total. The van der Waals surface area contributed by atoms with Gasteiger partial charge in [0.1, 0.15) is 5.52 Å². The Morgan fingerprint density at radius 3 is 2.55 bits per heavy atom. The smallest absolute Gasteiger partial charge is 0.227 e. The normalized spacial score (nSPS) is 14.2. The van der Waals surface area contributed by atoms with Gasteiger partial charge in [-0.15, -0.1) is 11.3 Å². The van der Waals surface area contributed by atoms with Gasteiger partial charge in [0.05, 0.1) is 11.4 Å². The Kier molecular flexibility index (Phi) is 6.43. The molecule has 4 heterocycles. The first-order valence-electron chi connectivity index (χ1n) is 10.8. The van der Waals surface area contributed by atoms with Crippen molar-refractivity contribution < 1.29 is 4.79 Å². The van der Waals surface area contributed by atoms with Crippen molar-refractivity contribution >= 4 is 62.3 Å². The molecular weight excluding hydrogens is 476 g/mol. The number of anilines is 2. The lowest BCUT2D eigenvalue weighted by Gasteiger charge is -2.35. The number of aryl methyl sites for hydroxylation is 2. The number of nitrogen functional groups attached to an aromatic ring is 1.